The van der Waals surface area contributed by atoms with Gasteiger partial charge in [-0.1, -0.05) is 54.6 Å². The van der Waals surface area contributed by atoms with Crippen LogP contribution < -0.4 is 4.72 Å². The summed E-state index contributed by atoms with van der Waals surface area (Å²) in [5, 5.41) is 0. The largest absolute Gasteiger partial charge is 0.280 e. The Morgan fingerprint density at radius 1 is 0.952 bits per heavy atom. The molecule has 1 heterocycles. The van der Waals surface area contributed by atoms with Crippen LogP contribution >= 0.6 is 0 Å². The molecular weight excluding hydrogens is 284 g/mol. The van der Waals surface area contributed by atoms with Crippen LogP contribution in [0.1, 0.15) is 16.7 Å². The molecule has 0 saturated carbocycles. The Morgan fingerprint density at radius 3 is 2.38 bits per heavy atom. The lowest BCUT2D eigenvalue weighted by Gasteiger charge is -2.28. The van der Waals surface area contributed by atoms with Crippen molar-refractivity contribution in [2.75, 3.05) is 6.54 Å². The molecule has 1 N–H and O–H groups in total. The van der Waals surface area contributed by atoms with Gasteiger partial charge in [0, 0.05) is 19.6 Å². The van der Waals surface area contributed by atoms with Crippen LogP contribution in [0.15, 0.2) is 54.6 Å². The van der Waals surface area contributed by atoms with E-state index in [1.54, 1.807) is 0 Å². The van der Waals surface area contributed by atoms with Gasteiger partial charge in [-0.05, 0) is 23.1 Å². The molecule has 0 aliphatic carbocycles. The number of nitrogens with zero attached hydrogens (tertiary/aromatic N) is 1. The van der Waals surface area contributed by atoms with Gasteiger partial charge < -0.3 is 0 Å². The van der Waals surface area contributed by atoms with Gasteiger partial charge in [0.15, 0.2) is 0 Å². The summed E-state index contributed by atoms with van der Waals surface area (Å²) < 4.78 is 29.0. The third-order valence-electron chi connectivity index (χ3n) is 3.74. The molecule has 1 aliphatic heterocycles. The van der Waals surface area contributed by atoms with Crippen molar-refractivity contribution in [1.29, 1.82) is 0 Å². The fourth-order valence-electron chi connectivity index (χ4n) is 2.54. The number of hydrogen-bond donors (Lipinski definition) is 1. The Labute approximate surface area is 125 Å². The van der Waals surface area contributed by atoms with Crippen molar-refractivity contribution in [1.82, 2.24) is 9.03 Å². The standard InChI is InChI=1S/C16H18N2O2S/c19-21(20,17-12-14-6-2-1-3-7-14)18-11-10-15-8-4-5-9-16(15)13-18/h1-9,17H,10-13H2. The van der Waals surface area contributed by atoms with E-state index in [1.807, 2.05) is 48.5 Å². The second-order valence-corrected chi connectivity index (χ2v) is 6.92. The van der Waals surface area contributed by atoms with E-state index in [0.717, 1.165) is 17.5 Å². The molecule has 0 atom stereocenters. The van der Waals surface area contributed by atoms with Gasteiger partial charge in [-0.25, -0.2) is 0 Å². The molecule has 0 amide bonds. The highest BCUT2D eigenvalue weighted by molar-refractivity contribution is 7.87. The van der Waals surface area contributed by atoms with Crippen LogP contribution in [0.25, 0.3) is 0 Å². The zero-order valence-electron chi connectivity index (χ0n) is 11.7. The Bertz CT molecular complexity index is 714. The second kappa shape index (κ2) is 5.97. The third kappa shape index (κ3) is 3.32. The van der Waals surface area contributed by atoms with Crippen molar-refractivity contribution < 1.29 is 8.42 Å². The van der Waals surface area contributed by atoms with Gasteiger partial charge in [0.25, 0.3) is 10.2 Å². The second-order valence-electron chi connectivity index (χ2n) is 5.16. The maximum Gasteiger partial charge on any atom is 0.280 e. The highest BCUT2D eigenvalue weighted by atomic mass is 32.2. The highest BCUT2D eigenvalue weighted by Crippen LogP contribution is 2.20. The summed E-state index contributed by atoms with van der Waals surface area (Å²) in [6, 6.07) is 17.6. The molecule has 110 valence electrons. The van der Waals surface area contributed by atoms with Crippen LogP contribution in [0, 0.1) is 0 Å². The van der Waals surface area contributed by atoms with Crippen molar-refractivity contribution in [2.24, 2.45) is 0 Å². The molecule has 21 heavy (non-hydrogen) atoms. The van der Waals surface area contributed by atoms with Crippen LogP contribution in [0.2, 0.25) is 0 Å². The predicted molar refractivity (Wildman–Crippen MR) is 82.8 cm³/mol. The lowest BCUT2D eigenvalue weighted by atomic mass is 10.0. The molecule has 1 aliphatic rings. The van der Waals surface area contributed by atoms with Gasteiger partial charge in [-0.3, -0.25) is 0 Å². The highest BCUT2D eigenvalue weighted by Gasteiger charge is 2.25. The molecular formula is C16H18N2O2S. The first kappa shape index (κ1) is 14.3. The van der Waals surface area contributed by atoms with Crippen molar-refractivity contribution in [3.63, 3.8) is 0 Å². The number of fused-ring (bicyclic) bond motifs is 1. The van der Waals surface area contributed by atoms with Crippen molar-refractivity contribution >= 4 is 10.2 Å². The molecule has 5 heteroatoms. The first-order chi connectivity index (χ1) is 10.1. The summed E-state index contributed by atoms with van der Waals surface area (Å²) in [6.07, 6.45) is 0.766. The molecule has 0 bridgehead atoms. The zero-order valence-corrected chi connectivity index (χ0v) is 12.5. The maximum atomic E-state index is 12.4. The van der Waals surface area contributed by atoms with Crippen LogP contribution in [-0.4, -0.2) is 19.3 Å². The van der Waals surface area contributed by atoms with Gasteiger partial charge in [-0.15, -0.1) is 0 Å². The smallest absolute Gasteiger partial charge is 0.198 e. The summed E-state index contributed by atoms with van der Waals surface area (Å²) in [7, 11) is -3.44. The van der Waals surface area contributed by atoms with Crippen molar-refractivity contribution in [3.8, 4) is 0 Å². The first-order valence-electron chi connectivity index (χ1n) is 7.00. The van der Waals surface area contributed by atoms with E-state index in [4.69, 9.17) is 0 Å². The van der Waals surface area contributed by atoms with Crippen LogP contribution in [-0.2, 0) is 29.7 Å². The fourth-order valence-corrected chi connectivity index (χ4v) is 3.71. The number of benzene rings is 2. The summed E-state index contributed by atoms with van der Waals surface area (Å²) in [5.41, 5.74) is 3.29. The van der Waals surface area contributed by atoms with Crippen molar-refractivity contribution in [2.45, 2.75) is 19.5 Å². The van der Waals surface area contributed by atoms with Crippen LogP contribution in [0.4, 0.5) is 0 Å². The summed E-state index contributed by atoms with van der Waals surface area (Å²) in [6.45, 7) is 1.29. The zero-order chi connectivity index (χ0) is 14.7. The van der Waals surface area contributed by atoms with Gasteiger partial charge >= 0.3 is 0 Å². The molecule has 4 nitrogen and oxygen atoms in total. The van der Waals surface area contributed by atoms with Gasteiger partial charge in [-0.2, -0.15) is 17.4 Å². The van der Waals surface area contributed by atoms with E-state index < -0.39 is 10.2 Å². The number of nitrogens with one attached hydrogen (secondary N) is 1. The third-order valence-corrected chi connectivity index (χ3v) is 5.24. The Hall–Kier alpha value is -1.69. The Kier molecular flexibility index (Phi) is 4.05. The monoisotopic (exact) mass is 302 g/mol. The molecule has 2 aromatic carbocycles. The topological polar surface area (TPSA) is 49.4 Å². The van der Waals surface area contributed by atoms with Crippen LogP contribution in [0.3, 0.4) is 0 Å². The predicted octanol–water partition coefficient (Wildman–Crippen LogP) is 2.08. The number of hydrogen-bond acceptors (Lipinski definition) is 2. The lowest BCUT2D eigenvalue weighted by molar-refractivity contribution is 0.384. The van der Waals surface area contributed by atoms with Gasteiger partial charge in [0.1, 0.15) is 0 Å². The van der Waals surface area contributed by atoms with Crippen LogP contribution in [0.5, 0.6) is 0 Å². The summed E-state index contributed by atoms with van der Waals surface area (Å²) in [4.78, 5) is 0. The van der Waals surface area contributed by atoms with E-state index >= 15 is 0 Å². The summed E-state index contributed by atoms with van der Waals surface area (Å²) in [5.74, 6) is 0. The van der Waals surface area contributed by atoms with Gasteiger partial charge in [0.05, 0.1) is 0 Å². The summed E-state index contributed by atoms with van der Waals surface area (Å²) >= 11 is 0. The van der Waals surface area contributed by atoms with E-state index in [-0.39, 0.29) is 0 Å². The SMILES string of the molecule is O=S(=O)(NCc1ccccc1)N1CCc2ccccc2C1. The van der Waals surface area contributed by atoms with E-state index in [2.05, 4.69) is 10.8 Å². The van der Waals surface area contributed by atoms with E-state index in [1.165, 1.54) is 9.87 Å². The Balaban J connectivity index is 1.69. The van der Waals surface area contributed by atoms with Crippen molar-refractivity contribution in [3.05, 3.63) is 71.3 Å². The van der Waals surface area contributed by atoms with Gasteiger partial charge in [0.2, 0.25) is 0 Å². The maximum absolute atomic E-state index is 12.4. The fraction of sp³-hybridized carbons (Fsp3) is 0.250. The molecule has 0 saturated heterocycles. The first-order valence-corrected chi connectivity index (χ1v) is 8.44. The molecule has 0 unspecified atom stereocenters. The average Bonchev–Trinajstić information content (AvgIpc) is 2.53. The minimum atomic E-state index is -3.44. The molecule has 0 spiro atoms. The average molecular weight is 302 g/mol. The Morgan fingerprint density at radius 2 is 1.62 bits per heavy atom. The quantitative estimate of drug-likeness (QED) is 0.940. The molecule has 0 fully saturated rings. The molecule has 0 aromatic heterocycles. The minimum Gasteiger partial charge on any atom is -0.198 e. The van der Waals surface area contributed by atoms with E-state index in [0.29, 0.717) is 19.6 Å². The lowest BCUT2D eigenvalue weighted by Crippen LogP contribution is -2.43. The number of rotatable bonds is 4. The minimum absolute atomic E-state index is 0.321. The molecule has 0 radical (unpaired) electrons. The van der Waals surface area contributed by atoms with E-state index in [9.17, 15) is 8.42 Å². The molecule has 2 aromatic rings. The molecule has 3 rings (SSSR count). The normalized spacial score (nSPS) is 15.6.